The number of carbonyl (C=O) groups is 3. The van der Waals surface area contributed by atoms with E-state index in [4.69, 9.17) is 20.4 Å². The smallest absolute Gasteiger partial charge is 1.00 e. The largest absolute Gasteiger partial charge is 1.00 e. The molecule has 0 spiro atoms. The summed E-state index contributed by atoms with van der Waals surface area (Å²) in [5.74, 6) is -5.02. The van der Waals surface area contributed by atoms with Crippen LogP contribution in [-0.2, 0) is 14.4 Å². The van der Waals surface area contributed by atoms with Crippen LogP contribution in [0.4, 0.5) is 0 Å². The summed E-state index contributed by atoms with van der Waals surface area (Å²) in [6.45, 7) is 0. The Kier molecular flexibility index (Phi) is 12.1. The van der Waals surface area contributed by atoms with Crippen LogP contribution < -0.4 is 51.4 Å². The fourth-order valence-corrected chi connectivity index (χ4v) is 0.714. The van der Waals surface area contributed by atoms with Crippen LogP contribution in [0.3, 0.4) is 0 Å². The number of carboxylic acid groups (broad SMARTS) is 3. The summed E-state index contributed by atoms with van der Waals surface area (Å²) in [6.07, 6.45) is -2.29. The van der Waals surface area contributed by atoms with Crippen molar-refractivity contribution in [2.75, 3.05) is 0 Å². The Morgan fingerprint density at radius 3 is 1.40 bits per heavy atom. The Labute approximate surface area is 140 Å². The van der Waals surface area contributed by atoms with Gasteiger partial charge in [0.25, 0.3) is 0 Å². The average molecular weight is 262 g/mol. The van der Waals surface area contributed by atoms with Crippen LogP contribution in [0.5, 0.6) is 0 Å². The van der Waals surface area contributed by atoms with Crippen molar-refractivity contribution in [3.63, 3.8) is 0 Å². The molecule has 0 bridgehead atoms. The monoisotopic (exact) mass is 262 g/mol. The van der Waals surface area contributed by atoms with E-state index in [0.717, 1.165) is 0 Å². The molecule has 0 aliphatic carbocycles. The second kappa shape index (κ2) is 8.66. The average Bonchev–Trinajstić information content (AvgIpc) is 1.82. The van der Waals surface area contributed by atoms with E-state index in [1.54, 1.807) is 0 Å². The van der Waals surface area contributed by atoms with Crippen molar-refractivity contribution >= 4 is 35.3 Å². The van der Waals surface area contributed by atoms with Crippen molar-refractivity contribution in [2.24, 2.45) is 0 Å². The van der Waals surface area contributed by atoms with Gasteiger partial charge in [-0.05, 0) is 0 Å². The number of hydrogen-bond donors (Lipinski definition) is 4. The van der Waals surface area contributed by atoms with Gasteiger partial charge in [0.15, 0.2) is 23.0 Å². The first-order valence-electron chi connectivity index (χ1n) is 3.17. The van der Waals surface area contributed by atoms with Crippen molar-refractivity contribution < 1.29 is 87.6 Å². The molecule has 0 aromatic heterocycles. The molecule has 0 aromatic rings. The Balaban J connectivity index is -0.000000240. The summed E-state index contributed by atoms with van der Waals surface area (Å²) in [7, 11) is 0. The first-order chi connectivity index (χ1) is 5.78. The molecule has 7 nitrogen and oxygen atoms in total. The summed E-state index contributed by atoms with van der Waals surface area (Å²) >= 11 is 0. The minimum atomic E-state index is -2.74. The molecule has 82 valence electrons. The van der Waals surface area contributed by atoms with E-state index < -0.39 is 36.4 Å². The van der Waals surface area contributed by atoms with Crippen LogP contribution in [0.1, 0.15) is 14.3 Å². The molecule has 0 radical (unpaired) electrons. The fraction of sp³-hybridized carbons (Fsp3) is 0.500. The molecule has 0 unspecified atom stereocenters. The molecule has 0 aliphatic heterocycles. The third kappa shape index (κ3) is 8.36. The number of rotatable bonds is 5. The Bertz CT molecular complexity index is 243. The first kappa shape index (κ1) is 20.9. The van der Waals surface area contributed by atoms with Gasteiger partial charge in [0, 0.05) is 0 Å². The van der Waals surface area contributed by atoms with Gasteiger partial charge in [-0.25, -0.2) is 4.79 Å². The molecule has 0 atom stereocenters. The van der Waals surface area contributed by atoms with Crippen LogP contribution in [0.2, 0.25) is 0 Å². The van der Waals surface area contributed by atoms with Crippen LogP contribution in [0.25, 0.3) is 0 Å². The summed E-state index contributed by atoms with van der Waals surface area (Å²) in [5, 5.41) is 33.8. The Morgan fingerprint density at radius 1 is 1.00 bits per heavy atom. The van der Waals surface area contributed by atoms with Gasteiger partial charge < -0.3 is 21.9 Å². The summed E-state index contributed by atoms with van der Waals surface area (Å²) in [4.78, 5) is 30.5. The minimum Gasteiger partial charge on any atom is -1.00 e. The summed E-state index contributed by atoms with van der Waals surface area (Å²) in [6, 6.07) is 0. The van der Waals surface area contributed by atoms with E-state index in [-0.39, 0.29) is 70.2 Å². The van der Waals surface area contributed by atoms with Crippen molar-refractivity contribution in [1.82, 2.24) is 0 Å². The molecule has 0 rings (SSSR count). The van der Waals surface area contributed by atoms with Gasteiger partial charge in [-0.2, -0.15) is 0 Å². The third-order valence-electron chi connectivity index (χ3n) is 1.29. The van der Waals surface area contributed by atoms with Crippen LogP contribution >= 0.6 is 0 Å². The van der Waals surface area contributed by atoms with E-state index in [1.165, 1.54) is 0 Å². The van der Waals surface area contributed by atoms with Gasteiger partial charge in [0.05, 0.1) is 12.8 Å². The maximum Gasteiger partial charge on any atom is 1.00 e. The van der Waals surface area contributed by atoms with E-state index in [1.807, 2.05) is 0 Å². The molecular weight excluding hydrogens is 250 g/mol. The number of carboxylic acids is 3. The van der Waals surface area contributed by atoms with Crippen LogP contribution in [-0.4, -0.2) is 61.3 Å². The van der Waals surface area contributed by atoms with Gasteiger partial charge in [0.2, 0.25) is 0 Å². The summed E-state index contributed by atoms with van der Waals surface area (Å²) in [5.41, 5.74) is -2.74. The standard InChI is InChI=1S/C6H8O7.Al.K.4H/c7-3(8)1-6(13,5(11)12)2-4(9)10;;;;;;/h13H,1-2H2,(H,7,8)(H,9,10)(H,11,12);;;;;;/q;;+1;;;;-1. The quantitative estimate of drug-likeness (QED) is 0.364. The van der Waals surface area contributed by atoms with Gasteiger partial charge in [-0.3, -0.25) is 9.59 Å². The van der Waals surface area contributed by atoms with Gasteiger partial charge >= 0.3 is 69.3 Å². The number of hydrogen-bond acceptors (Lipinski definition) is 4. The SMILES string of the molecule is O=C(O)CC(O)(CC(=O)O)C(=O)O.[AlH3].[H-].[K+]. The number of aliphatic hydroxyl groups is 1. The zero-order valence-electron chi connectivity index (χ0n) is 8.43. The minimum absolute atomic E-state index is 0. The molecule has 0 aromatic carbocycles. The van der Waals surface area contributed by atoms with E-state index in [2.05, 4.69) is 0 Å². The second-order valence-corrected chi connectivity index (χ2v) is 2.48. The molecule has 0 fully saturated rings. The molecule has 0 heterocycles. The zero-order valence-corrected chi connectivity index (χ0v) is 10.6. The Hall–Kier alpha value is 0.539. The molecule has 9 heteroatoms. The third-order valence-corrected chi connectivity index (χ3v) is 1.29. The number of aliphatic carboxylic acids is 3. The van der Waals surface area contributed by atoms with Gasteiger partial charge in [-0.15, -0.1) is 0 Å². The maximum absolute atomic E-state index is 10.3. The normalized spacial score (nSPS) is 9.40. The van der Waals surface area contributed by atoms with E-state index >= 15 is 0 Å². The molecular formula is C6H12AlKO7. The maximum atomic E-state index is 10.3. The first-order valence-corrected chi connectivity index (χ1v) is 3.17. The van der Waals surface area contributed by atoms with E-state index in [9.17, 15) is 14.4 Å². The van der Waals surface area contributed by atoms with Crippen molar-refractivity contribution in [3.8, 4) is 0 Å². The summed E-state index contributed by atoms with van der Waals surface area (Å²) < 4.78 is 0. The second-order valence-electron chi connectivity index (χ2n) is 2.48. The van der Waals surface area contributed by atoms with Crippen LogP contribution in [0.15, 0.2) is 0 Å². The molecule has 0 aliphatic rings. The molecule has 15 heavy (non-hydrogen) atoms. The predicted molar refractivity (Wildman–Crippen MR) is 48.1 cm³/mol. The Morgan fingerprint density at radius 2 is 1.27 bits per heavy atom. The molecule has 0 saturated heterocycles. The van der Waals surface area contributed by atoms with Crippen LogP contribution in [0, 0.1) is 0 Å². The van der Waals surface area contributed by atoms with Crippen molar-refractivity contribution in [1.29, 1.82) is 0 Å². The molecule has 0 saturated carbocycles. The van der Waals surface area contributed by atoms with Gasteiger partial charge in [0.1, 0.15) is 0 Å². The van der Waals surface area contributed by atoms with Crippen molar-refractivity contribution in [2.45, 2.75) is 18.4 Å². The topological polar surface area (TPSA) is 132 Å². The van der Waals surface area contributed by atoms with E-state index in [0.29, 0.717) is 0 Å². The predicted octanol–water partition coefficient (Wildman–Crippen LogP) is -5.32. The zero-order chi connectivity index (χ0) is 10.6. The fourth-order valence-electron chi connectivity index (χ4n) is 0.714. The van der Waals surface area contributed by atoms with Gasteiger partial charge in [-0.1, -0.05) is 0 Å². The molecule has 0 amide bonds. The molecule has 4 N–H and O–H groups in total. The van der Waals surface area contributed by atoms with Crippen molar-refractivity contribution in [3.05, 3.63) is 0 Å².